The molecule has 0 saturated heterocycles. The molecule has 3 aliphatic rings. The highest BCUT2D eigenvalue weighted by Crippen LogP contribution is 2.55. The predicted molar refractivity (Wildman–Crippen MR) is 199 cm³/mol. The first-order chi connectivity index (χ1) is 24.2. The Balaban J connectivity index is 1.08. The minimum atomic E-state index is 0.763. The van der Waals surface area contributed by atoms with Crippen molar-refractivity contribution in [2.75, 3.05) is 15.5 Å². The molecule has 7 aromatic carbocycles. The second-order valence-electron chi connectivity index (χ2n) is 12.1. The Hall–Kier alpha value is -6.18. The van der Waals surface area contributed by atoms with E-state index in [0.717, 1.165) is 101 Å². The van der Waals surface area contributed by atoms with Crippen molar-refractivity contribution in [3.63, 3.8) is 0 Å². The Morgan fingerprint density at radius 1 is 0.429 bits per heavy atom. The highest BCUT2D eigenvalue weighted by atomic mass is 79.9. The lowest BCUT2D eigenvalue weighted by atomic mass is 9.98. The summed E-state index contributed by atoms with van der Waals surface area (Å²) in [6.45, 7) is 0. The Labute approximate surface area is 291 Å². The molecule has 0 spiro atoms. The lowest BCUT2D eigenvalue weighted by Crippen LogP contribution is -2.16. The van der Waals surface area contributed by atoms with Crippen molar-refractivity contribution in [2.24, 2.45) is 0 Å². The van der Waals surface area contributed by atoms with Crippen LogP contribution in [0.1, 0.15) is 0 Å². The molecule has 0 aliphatic carbocycles. The second-order valence-corrected chi connectivity index (χ2v) is 13.0. The van der Waals surface area contributed by atoms with Gasteiger partial charge in [-0.25, -0.2) is 0 Å². The third-order valence-electron chi connectivity index (χ3n) is 9.11. The first kappa shape index (κ1) is 27.9. The van der Waals surface area contributed by atoms with Crippen LogP contribution in [-0.2, 0) is 0 Å². The number of hydrogen-bond donors (Lipinski definition) is 2. The molecule has 49 heavy (non-hydrogen) atoms. The molecular weight excluding hydrogens is 674 g/mol. The van der Waals surface area contributed by atoms with E-state index in [1.54, 1.807) is 0 Å². The lowest BCUT2D eigenvalue weighted by molar-refractivity contribution is 0.477. The van der Waals surface area contributed by atoms with Crippen LogP contribution in [-0.4, -0.2) is 0 Å². The van der Waals surface area contributed by atoms with E-state index in [9.17, 15) is 0 Å². The van der Waals surface area contributed by atoms with Crippen LogP contribution in [0.3, 0.4) is 0 Å². The molecule has 0 saturated carbocycles. The number of para-hydroxylation sites is 6. The minimum Gasteiger partial charge on any atom is -0.453 e. The van der Waals surface area contributed by atoms with Crippen LogP contribution < -0.4 is 29.7 Å². The summed E-state index contributed by atoms with van der Waals surface area (Å²) in [6, 6.07) is 49.4. The summed E-state index contributed by atoms with van der Waals surface area (Å²) in [5, 5.41) is 7.21. The molecule has 0 atom stereocenters. The monoisotopic (exact) mass is 699 g/mol. The van der Waals surface area contributed by atoms with Gasteiger partial charge in [-0.05, 0) is 96.1 Å². The fourth-order valence-electron chi connectivity index (χ4n) is 6.81. The number of fused-ring (bicyclic) bond motifs is 6. The average molecular weight is 701 g/mol. The summed E-state index contributed by atoms with van der Waals surface area (Å²) in [7, 11) is 0. The molecule has 0 amide bonds. The molecule has 2 N–H and O–H groups in total. The number of hydrogen-bond acceptors (Lipinski definition) is 6. The molecule has 3 heterocycles. The Morgan fingerprint density at radius 3 is 1.63 bits per heavy atom. The maximum absolute atomic E-state index is 6.72. The van der Waals surface area contributed by atoms with Crippen molar-refractivity contribution in [1.29, 1.82) is 0 Å². The Morgan fingerprint density at radius 2 is 0.980 bits per heavy atom. The van der Waals surface area contributed by atoms with Crippen LogP contribution in [0.2, 0.25) is 0 Å². The van der Waals surface area contributed by atoms with Gasteiger partial charge in [-0.15, -0.1) is 0 Å². The fourth-order valence-corrected chi connectivity index (χ4v) is 7.07. The minimum absolute atomic E-state index is 0.763. The molecule has 0 unspecified atom stereocenters. The lowest BCUT2D eigenvalue weighted by Gasteiger charge is -2.34. The van der Waals surface area contributed by atoms with Crippen molar-refractivity contribution in [3.05, 3.63) is 150 Å². The largest absolute Gasteiger partial charge is 0.453 e. The molecule has 0 aromatic heterocycles. The van der Waals surface area contributed by atoms with E-state index in [1.165, 1.54) is 0 Å². The average Bonchev–Trinajstić information content (AvgIpc) is 3.15. The zero-order chi connectivity index (χ0) is 32.5. The second kappa shape index (κ2) is 10.9. The summed E-state index contributed by atoms with van der Waals surface area (Å²) in [5.74, 6) is 4.73. The van der Waals surface area contributed by atoms with Crippen LogP contribution in [0.25, 0.3) is 22.3 Å². The number of rotatable bonds is 3. The van der Waals surface area contributed by atoms with E-state index in [0.29, 0.717) is 0 Å². The highest BCUT2D eigenvalue weighted by molar-refractivity contribution is 9.10. The maximum atomic E-state index is 6.72. The van der Waals surface area contributed by atoms with E-state index < -0.39 is 0 Å². The molecule has 7 heteroatoms. The standard InChI is InChI=1S/C42H26BrN3O3/c43-27-17-19-28(20-18-27)46-33-21-15-26(30-8-6-14-39-42(30)45-32-10-2-4-12-36(32)48-39)24-40(33)49-37-22-16-25(23-34(37)46)29-7-5-13-38-41(29)44-31-9-1-3-11-35(31)47-38/h1-24,44-45H. The van der Waals surface area contributed by atoms with E-state index in [4.69, 9.17) is 14.2 Å². The molecule has 0 radical (unpaired) electrons. The van der Waals surface area contributed by atoms with Gasteiger partial charge in [0.25, 0.3) is 0 Å². The molecule has 10 rings (SSSR count). The van der Waals surface area contributed by atoms with Crippen molar-refractivity contribution in [3.8, 4) is 56.8 Å². The Bertz CT molecular complexity index is 2460. The SMILES string of the molecule is Brc1ccc(N2c3ccc(-c4cccc5c4Nc4ccccc4O5)cc3Oc3ccc(-c4cccc5c4Nc4ccccc4O5)cc32)cc1. The van der Waals surface area contributed by atoms with Gasteiger partial charge < -0.3 is 29.7 Å². The first-order valence-electron chi connectivity index (χ1n) is 16.0. The van der Waals surface area contributed by atoms with Gasteiger partial charge >= 0.3 is 0 Å². The normalized spacial score (nSPS) is 13.0. The summed E-state index contributed by atoms with van der Waals surface area (Å²) in [5.41, 5.74) is 10.8. The van der Waals surface area contributed by atoms with Crippen LogP contribution in [0.5, 0.6) is 34.5 Å². The molecular formula is C42H26BrN3O3. The zero-order valence-electron chi connectivity index (χ0n) is 25.9. The van der Waals surface area contributed by atoms with Gasteiger partial charge in [-0.2, -0.15) is 0 Å². The number of halogens is 1. The van der Waals surface area contributed by atoms with Crippen molar-refractivity contribution in [1.82, 2.24) is 0 Å². The van der Waals surface area contributed by atoms with Crippen LogP contribution in [0.15, 0.2) is 150 Å². The number of benzene rings is 7. The van der Waals surface area contributed by atoms with Gasteiger partial charge in [-0.1, -0.05) is 76.6 Å². The molecule has 7 aromatic rings. The number of ether oxygens (including phenoxy) is 3. The molecule has 0 bridgehead atoms. The van der Waals surface area contributed by atoms with E-state index in [1.807, 2.05) is 72.8 Å². The predicted octanol–water partition coefficient (Wildman–Crippen LogP) is 13.1. The summed E-state index contributed by atoms with van der Waals surface area (Å²) < 4.78 is 20.3. The summed E-state index contributed by atoms with van der Waals surface area (Å²) >= 11 is 3.62. The fraction of sp³-hybridized carbons (Fsp3) is 0. The van der Waals surface area contributed by atoms with Crippen LogP contribution in [0.4, 0.5) is 39.8 Å². The van der Waals surface area contributed by atoms with Gasteiger partial charge in [-0.3, -0.25) is 0 Å². The molecule has 234 valence electrons. The van der Waals surface area contributed by atoms with Crippen molar-refractivity contribution < 1.29 is 14.2 Å². The van der Waals surface area contributed by atoms with Gasteiger partial charge in [0.1, 0.15) is 0 Å². The van der Waals surface area contributed by atoms with E-state index in [-0.39, 0.29) is 0 Å². The van der Waals surface area contributed by atoms with Crippen molar-refractivity contribution >= 4 is 55.7 Å². The number of nitrogens with zero attached hydrogens (tertiary/aromatic N) is 1. The number of nitrogens with one attached hydrogen (secondary N) is 2. The number of anilines is 7. The highest BCUT2D eigenvalue weighted by Gasteiger charge is 2.29. The molecule has 3 aliphatic heterocycles. The van der Waals surface area contributed by atoms with Gasteiger partial charge in [0.05, 0.1) is 34.1 Å². The quantitative estimate of drug-likeness (QED) is 0.191. The van der Waals surface area contributed by atoms with Gasteiger partial charge in [0.15, 0.2) is 34.5 Å². The molecule has 6 nitrogen and oxygen atoms in total. The smallest absolute Gasteiger partial charge is 0.152 e. The van der Waals surface area contributed by atoms with E-state index in [2.05, 4.69) is 104 Å². The van der Waals surface area contributed by atoms with Gasteiger partial charge in [0, 0.05) is 21.3 Å². The van der Waals surface area contributed by atoms with E-state index >= 15 is 0 Å². The maximum Gasteiger partial charge on any atom is 0.152 e. The Kier molecular flexibility index (Phi) is 6.22. The zero-order valence-corrected chi connectivity index (χ0v) is 27.5. The third-order valence-corrected chi connectivity index (χ3v) is 9.64. The molecule has 0 fully saturated rings. The summed E-state index contributed by atoms with van der Waals surface area (Å²) in [6.07, 6.45) is 0. The first-order valence-corrected chi connectivity index (χ1v) is 16.8. The van der Waals surface area contributed by atoms with Gasteiger partial charge in [0.2, 0.25) is 0 Å². The van der Waals surface area contributed by atoms with Crippen LogP contribution in [0, 0.1) is 0 Å². The third kappa shape index (κ3) is 4.62. The summed E-state index contributed by atoms with van der Waals surface area (Å²) in [4.78, 5) is 2.26. The van der Waals surface area contributed by atoms with Crippen molar-refractivity contribution in [2.45, 2.75) is 0 Å². The topological polar surface area (TPSA) is 55.0 Å². The van der Waals surface area contributed by atoms with Crippen LogP contribution >= 0.6 is 15.9 Å².